The van der Waals surface area contributed by atoms with Crippen LogP contribution < -0.4 is 11.1 Å². The summed E-state index contributed by atoms with van der Waals surface area (Å²) in [7, 11) is 0. The predicted molar refractivity (Wildman–Crippen MR) is 121 cm³/mol. The van der Waals surface area contributed by atoms with E-state index in [1.165, 1.54) is 29.4 Å². The number of carbonyl (C=O) groups is 1. The van der Waals surface area contributed by atoms with E-state index in [1.54, 1.807) is 6.20 Å². The minimum Gasteiger partial charge on any atom is -0.390 e. The van der Waals surface area contributed by atoms with E-state index in [9.17, 15) is 23.1 Å². The zero-order valence-corrected chi connectivity index (χ0v) is 18.8. The SMILES string of the molecule is NC(=O)c1ncc(-c2ccc(SN3CCC(Nc4ccc(C(F)(F)F)cn4)C(O)C3)cc2)s1. The molecule has 0 radical (unpaired) electrons. The first-order valence-electron chi connectivity index (χ1n) is 9.96. The smallest absolute Gasteiger partial charge is 0.390 e. The number of nitrogens with one attached hydrogen (secondary N) is 1. The number of hydrogen-bond donors (Lipinski definition) is 3. The molecule has 2 aromatic heterocycles. The minimum atomic E-state index is -4.43. The van der Waals surface area contributed by atoms with Crippen LogP contribution in [-0.4, -0.2) is 50.5 Å². The molecule has 33 heavy (non-hydrogen) atoms. The number of thiazole rings is 1. The number of carbonyl (C=O) groups excluding carboxylic acids is 1. The van der Waals surface area contributed by atoms with Gasteiger partial charge in [-0.1, -0.05) is 12.1 Å². The molecular formula is C21H20F3N5O2S2. The average Bonchev–Trinajstić information content (AvgIpc) is 3.27. The fourth-order valence-corrected chi connectivity index (χ4v) is 5.09. The van der Waals surface area contributed by atoms with Crippen molar-refractivity contribution < 1.29 is 23.1 Å². The van der Waals surface area contributed by atoms with Crippen molar-refractivity contribution in [3.05, 3.63) is 59.4 Å². The molecule has 7 nitrogen and oxygen atoms in total. The number of β-amino-alcohol motifs (C(OH)–C–C–N with tert-alkyl or cyclic N) is 1. The molecule has 0 bridgehead atoms. The third-order valence-electron chi connectivity index (χ3n) is 5.06. The van der Waals surface area contributed by atoms with Crippen molar-refractivity contribution >= 4 is 35.0 Å². The van der Waals surface area contributed by atoms with E-state index in [2.05, 4.69) is 15.3 Å². The van der Waals surface area contributed by atoms with Gasteiger partial charge in [-0.15, -0.1) is 11.3 Å². The summed E-state index contributed by atoms with van der Waals surface area (Å²) in [6, 6.07) is 9.70. The summed E-state index contributed by atoms with van der Waals surface area (Å²) in [5, 5.41) is 13.8. The molecule has 0 saturated carbocycles. The third kappa shape index (κ3) is 5.82. The number of anilines is 1. The number of nitrogens with two attached hydrogens (primary N) is 1. The van der Waals surface area contributed by atoms with Crippen LogP contribution in [0.3, 0.4) is 0 Å². The van der Waals surface area contributed by atoms with Crippen LogP contribution >= 0.6 is 23.3 Å². The highest BCUT2D eigenvalue weighted by molar-refractivity contribution is 7.97. The first-order chi connectivity index (χ1) is 15.7. The van der Waals surface area contributed by atoms with Gasteiger partial charge in [0.15, 0.2) is 5.01 Å². The number of aliphatic hydroxyl groups excluding tert-OH is 1. The summed E-state index contributed by atoms with van der Waals surface area (Å²) >= 11 is 2.75. The third-order valence-corrected chi connectivity index (χ3v) is 7.19. The number of rotatable bonds is 6. The highest BCUT2D eigenvalue weighted by Gasteiger charge is 2.31. The van der Waals surface area contributed by atoms with Crippen molar-refractivity contribution in [2.24, 2.45) is 5.73 Å². The van der Waals surface area contributed by atoms with Crippen LogP contribution in [0.15, 0.2) is 53.7 Å². The lowest BCUT2D eigenvalue weighted by Crippen LogP contribution is -2.47. The first kappa shape index (κ1) is 23.5. The molecule has 0 spiro atoms. The topological polar surface area (TPSA) is 104 Å². The van der Waals surface area contributed by atoms with Gasteiger partial charge in [-0.3, -0.25) is 4.79 Å². The Hall–Kier alpha value is -2.67. The largest absolute Gasteiger partial charge is 0.417 e. The Morgan fingerprint density at radius 3 is 2.52 bits per heavy atom. The van der Waals surface area contributed by atoms with Gasteiger partial charge in [0.1, 0.15) is 5.82 Å². The molecule has 2 atom stereocenters. The van der Waals surface area contributed by atoms with Crippen molar-refractivity contribution in [2.75, 3.05) is 18.4 Å². The second-order valence-corrected chi connectivity index (χ2v) is 9.64. The molecule has 12 heteroatoms. The van der Waals surface area contributed by atoms with Gasteiger partial charge < -0.3 is 16.2 Å². The van der Waals surface area contributed by atoms with Gasteiger partial charge in [0.25, 0.3) is 5.91 Å². The van der Waals surface area contributed by atoms with Crippen molar-refractivity contribution in [2.45, 2.75) is 29.6 Å². The molecule has 174 valence electrons. The molecule has 1 aliphatic heterocycles. The molecule has 4 rings (SSSR count). The van der Waals surface area contributed by atoms with Crippen LogP contribution in [0.2, 0.25) is 0 Å². The summed E-state index contributed by atoms with van der Waals surface area (Å²) in [5.41, 5.74) is 5.37. The van der Waals surface area contributed by atoms with Crippen LogP contribution in [0.25, 0.3) is 10.4 Å². The van der Waals surface area contributed by atoms with Gasteiger partial charge in [-0.2, -0.15) is 13.2 Å². The van der Waals surface area contributed by atoms with E-state index in [-0.39, 0.29) is 11.0 Å². The number of halogens is 3. The Morgan fingerprint density at radius 2 is 1.94 bits per heavy atom. The number of amides is 1. The van der Waals surface area contributed by atoms with Gasteiger partial charge in [-0.05, 0) is 48.2 Å². The van der Waals surface area contributed by atoms with Gasteiger partial charge in [0.2, 0.25) is 0 Å². The molecule has 1 saturated heterocycles. The molecule has 2 unspecified atom stereocenters. The standard InChI is InChI=1S/C21H20F3N5O2S2/c22-21(23,24)13-3-6-18(26-9-13)28-15-7-8-29(11-16(15)30)33-14-4-1-12(2-5-14)17-10-27-20(32-17)19(25)31/h1-6,9-10,15-16,30H,7-8,11H2,(H2,25,31)(H,26,28). The summed E-state index contributed by atoms with van der Waals surface area (Å²) < 4.78 is 40.1. The van der Waals surface area contributed by atoms with E-state index in [0.717, 1.165) is 27.6 Å². The highest BCUT2D eigenvalue weighted by Crippen LogP contribution is 2.32. The first-order valence-corrected chi connectivity index (χ1v) is 11.5. The second-order valence-electron chi connectivity index (χ2n) is 7.43. The molecule has 4 N–H and O–H groups in total. The molecule has 3 heterocycles. The maximum Gasteiger partial charge on any atom is 0.417 e. The van der Waals surface area contributed by atoms with E-state index in [1.807, 2.05) is 28.6 Å². The Kier molecular flexibility index (Phi) is 6.88. The Bertz CT molecular complexity index is 1110. The zero-order valence-electron chi connectivity index (χ0n) is 17.1. The van der Waals surface area contributed by atoms with Gasteiger partial charge in [-0.25, -0.2) is 14.3 Å². The Balaban J connectivity index is 1.31. The fraction of sp³-hybridized carbons (Fsp3) is 0.286. The monoisotopic (exact) mass is 495 g/mol. The fourth-order valence-electron chi connectivity index (χ4n) is 3.34. The van der Waals surface area contributed by atoms with E-state index < -0.39 is 23.8 Å². The maximum atomic E-state index is 12.7. The van der Waals surface area contributed by atoms with Crippen LogP contribution in [0.1, 0.15) is 21.8 Å². The van der Waals surface area contributed by atoms with Crippen molar-refractivity contribution in [1.29, 1.82) is 0 Å². The van der Waals surface area contributed by atoms with E-state index in [4.69, 9.17) is 5.73 Å². The number of benzene rings is 1. The molecule has 0 aliphatic carbocycles. The molecule has 1 amide bonds. The summed E-state index contributed by atoms with van der Waals surface area (Å²) in [5.74, 6) is -0.254. The number of alkyl halides is 3. The second kappa shape index (κ2) is 9.67. The summed E-state index contributed by atoms with van der Waals surface area (Å²) in [6.07, 6.45) is -2.14. The highest BCUT2D eigenvalue weighted by atomic mass is 32.2. The minimum absolute atomic E-state index is 0.264. The number of aromatic nitrogens is 2. The van der Waals surface area contributed by atoms with Gasteiger partial charge in [0, 0.05) is 30.4 Å². The van der Waals surface area contributed by atoms with Crippen LogP contribution in [0.5, 0.6) is 0 Å². The number of primary amides is 1. The lowest BCUT2D eigenvalue weighted by molar-refractivity contribution is -0.137. The summed E-state index contributed by atoms with van der Waals surface area (Å²) in [6.45, 7) is 1.07. The Labute approximate surface area is 196 Å². The van der Waals surface area contributed by atoms with E-state index >= 15 is 0 Å². The number of piperidine rings is 1. The molecule has 1 aliphatic rings. The summed E-state index contributed by atoms with van der Waals surface area (Å²) in [4.78, 5) is 20.9. The van der Waals surface area contributed by atoms with Crippen molar-refractivity contribution in [3.8, 4) is 10.4 Å². The lowest BCUT2D eigenvalue weighted by atomic mass is 10.0. The molecular weight excluding hydrogens is 475 g/mol. The number of pyridine rings is 1. The number of nitrogens with zero attached hydrogens (tertiary/aromatic N) is 3. The maximum absolute atomic E-state index is 12.7. The Morgan fingerprint density at radius 1 is 1.18 bits per heavy atom. The van der Waals surface area contributed by atoms with Crippen molar-refractivity contribution in [3.63, 3.8) is 0 Å². The molecule has 3 aromatic rings. The van der Waals surface area contributed by atoms with Gasteiger partial charge >= 0.3 is 6.18 Å². The van der Waals surface area contributed by atoms with Crippen LogP contribution in [0.4, 0.5) is 19.0 Å². The van der Waals surface area contributed by atoms with Crippen LogP contribution in [0, 0.1) is 0 Å². The van der Waals surface area contributed by atoms with E-state index in [0.29, 0.717) is 25.3 Å². The van der Waals surface area contributed by atoms with Crippen LogP contribution in [-0.2, 0) is 6.18 Å². The average molecular weight is 496 g/mol. The van der Waals surface area contributed by atoms with Gasteiger partial charge in [0.05, 0.1) is 22.6 Å². The lowest BCUT2D eigenvalue weighted by Gasteiger charge is -2.35. The zero-order chi connectivity index (χ0) is 23.6. The number of aliphatic hydroxyl groups is 1. The van der Waals surface area contributed by atoms with Crippen molar-refractivity contribution in [1.82, 2.24) is 14.3 Å². The quantitative estimate of drug-likeness (QED) is 0.446. The normalized spacial score (nSPS) is 19.4. The predicted octanol–water partition coefficient (Wildman–Crippen LogP) is 3.88. The molecule has 1 fully saturated rings. The number of hydrogen-bond acceptors (Lipinski definition) is 8. The molecule has 1 aromatic carbocycles.